The topological polar surface area (TPSA) is 46.9 Å². The molecule has 0 unspecified atom stereocenters. The van der Waals surface area contributed by atoms with Crippen LogP contribution < -0.4 is 5.32 Å². The Bertz CT molecular complexity index is 359. The molecule has 1 N–H and O–H groups in total. The van der Waals surface area contributed by atoms with Crippen LogP contribution in [0.5, 0.6) is 0 Å². The Labute approximate surface area is 80.7 Å². The molecule has 0 saturated heterocycles. The molecule has 0 aliphatic carbocycles. The summed E-state index contributed by atoms with van der Waals surface area (Å²) in [7, 11) is 1.91. The van der Waals surface area contributed by atoms with Crippen LogP contribution >= 0.6 is 11.8 Å². The van der Waals surface area contributed by atoms with E-state index in [-0.39, 0.29) is 5.91 Å². The molecule has 2 heterocycles. The molecule has 1 aliphatic rings. The Balaban J connectivity index is 2.48. The lowest BCUT2D eigenvalue weighted by Crippen LogP contribution is -2.19. The summed E-state index contributed by atoms with van der Waals surface area (Å²) in [5, 5.41) is 8.25. The molecule has 1 amide bonds. The Hall–Kier alpha value is -0.970. The highest BCUT2D eigenvalue weighted by atomic mass is 32.2. The second-order valence-corrected chi connectivity index (χ2v) is 3.90. The van der Waals surface area contributed by atoms with Gasteiger partial charge < -0.3 is 5.32 Å². The lowest BCUT2D eigenvalue weighted by molar-refractivity contribution is -0.113. The van der Waals surface area contributed by atoms with Gasteiger partial charge in [0.15, 0.2) is 0 Å². The van der Waals surface area contributed by atoms with Gasteiger partial charge in [0, 0.05) is 7.05 Å². The number of nitrogens with one attached hydrogen (secondary N) is 1. The maximum absolute atomic E-state index is 11.1. The summed E-state index contributed by atoms with van der Waals surface area (Å²) >= 11 is 1.55. The van der Waals surface area contributed by atoms with E-state index in [9.17, 15) is 4.79 Å². The molecule has 0 saturated carbocycles. The first-order valence-corrected chi connectivity index (χ1v) is 5.19. The van der Waals surface area contributed by atoms with Crippen molar-refractivity contribution in [2.45, 2.75) is 18.4 Å². The fraction of sp³-hybridized carbons (Fsp3) is 0.500. The van der Waals surface area contributed by atoms with Gasteiger partial charge in [0.1, 0.15) is 5.03 Å². The first kappa shape index (κ1) is 8.62. The maximum Gasteiger partial charge on any atom is 0.234 e. The molecule has 1 aromatic heterocycles. The van der Waals surface area contributed by atoms with E-state index in [2.05, 4.69) is 10.4 Å². The highest BCUT2D eigenvalue weighted by Crippen LogP contribution is 2.33. The van der Waals surface area contributed by atoms with Crippen LogP contribution in [0.1, 0.15) is 12.6 Å². The zero-order valence-electron chi connectivity index (χ0n) is 7.63. The third-order valence-electron chi connectivity index (χ3n) is 2.01. The number of carbonyl (C=O) groups is 1. The van der Waals surface area contributed by atoms with E-state index in [1.165, 1.54) is 0 Å². The van der Waals surface area contributed by atoms with Gasteiger partial charge in [-0.1, -0.05) is 18.7 Å². The Kier molecular flexibility index (Phi) is 2.03. The fourth-order valence-corrected chi connectivity index (χ4v) is 2.29. The van der Waals surface area contributed by atoms with Gasteiger partial charge in [-0.2, -0.15) is 5.10 Å². The number of aryl methyl sites for hydroxylation is 2. The van der Waals surface area contributed by atoms with Crippen LogP contribution in [0.25, 0.3) is 0 Å². The van der Waals surface area contributed by atoms with Crippen molar-refractivity contribution in [1.29, 1.82) is 0 Å². The molecular formula is C8H11N3OS. The molecule has 0 atom stereocenters. The highest BCUT2D eigenvalue weighted by molar-refractivity contribution is 8.00. The smallest absolute Gasteiger partial charge is 0.234 e. The molecule has 2 rings (SSSR count). The van der Waals surface area contributed by atoms with Crippen LogP contribution in [0.4, 0.5) is 5.69 Å². The summed E-state index contributed by atoms with van der Waals surface area (Å²) in [6.07, 6.45) is 0.851. The first-order valence-electron chi connectivity index (χ1n) is 4.21. The Morgan fingerprint density at radius 1 is 1.69 bits per heavy atom. The summed E-state index contributed by atoms with van der Waals surface area (Å²) in [6.45, 7) is 2.04. The predicted molar refractivity (Wildman–Crippen MR) is 51.9 cm³/mol. The minimum absolute atomic E-state index is 0.0696. The molecule has 5 heteroatoms. The van der Waals surface area contributed by atoms with E-state index in [0.717, 1.165) is 22.8 Å². The molecular weight excluding hydrogens is 186 g/mol. The number of rotatable bonds is 1. The number of thioether (sulfide) groups is 1. The number of carbonyl (C=O) groups excluding carboxylic acids is 1. The number of anilines is 1. The molecule has 0 spiro atoms. The van der Waals surface area contributed by atoms with Crippen molar-refractivity contribution in [1.82, 2.24) is 9.78 Å². The molecule has 4 nitrogen and oxygen atoms in total. The van der Waals surface area contributed by atoms with E-state index in [0.29, 0.717) is 5.75 Å². The van der Waals surface area contributed by atoms with Gasteiger partial charge in [0.2, 0.25) is 5.91 Å². The Morgan fingerprint density at radius 3 is 3.15 bits per heavy atom. The summed E-state index contributed by atoms with van der Waals surface area (Å²) < 4.78 is 1.83. The van der Waals surface area contributed by atoms with Crippen molar-refractivity contribution in [3.8, 4) is 0 Å². The highest BCUT2D eigenvalue weighted by Gasteiger charge is 2.22. The van der Waals surface area contributed by atoms with Gasteiger partial charge in [-0.3, -0.25) is 9.48 Å². The van der Waals surface area contributed by atoms with Crippen molar-refractivity contribution >= 4 is 23.4 Å². The summed E-state index contributed by atoms with van der Waals surface area (Å²) in [5.74, 6) is 0.565. The van der Waals surface area contributed by atoms with Gasteiger partial charge in [-0.05, 0) is 6.42 Å². The molecule has 0 aromatic carbocycles. The van der Waals surface area contributed by atoms with Crippen LogP contribution in [0.15, 0.2) is 5.03 Å². The van der Waals surface area contributed by atoms with Gasteiger partial charge in [-0.15, -0.1) is 0 Å². The van der Waals surface area contributed by atoms with Crippen LogP contribution in [0.2, 0.25) is 0 Å². The summed E-state index contributed by atoms with van der Waals surface area (Å²) in [4.78, 5) is 11.1. The number of hydrogen-bond acceptors (Lipinski definition) is 3. The quantitative estimate of drug-likeness (QED) is 0.731. The predicted octanol–water partition coefficient (Wildman–Crippen LogP) is 1.03. The molecule has 0 bridgehead atoms. The van der Waals surface area contributed by atoms with Crippen LogP contribution in [0.3, 0.4) is 0 Å². The van der Waals surface area contributed by atoms with Crippen LogP contribution in [0, 0.1) is 0 Å². The molecule has 0 radical (unpaired) electrons. The van der Waals surface area contributed by atoms with Gasteiger partial charge >= 0.3 is 0 Å². The second-order valence-electron chi connectivity index (χ2n) is 2.94. The monoisotopic (exact) mass is 197 g/mol. The minimum atomic E-state index is 0.0696. The SMILES string of the molecule is CCc1nn(C)c2c1NC(=O)CS2. The van der Waals surface area contributed by atoms with Crippen molar-refractivity contribution in [2.24, 2.45) is 7.05 Å². The summed E-state index contributed by atoms with van der Waals surface area (Å²) in [5.41, 5.74) is 1.88. The van der Waals surface area contributed by atoms with Gasteiger partial charge in [0.05, 0.1) is 17.1 Å². The largest absolute Gasteiger partial charge is 0.322 e. The zero-order valence-corrected chi connectivity index (χ0v) is 8.44. The molecule has 0 fully saturated rings. The number of fused-ring (bicyclic) bond motifs is 1. The normalized spacial score (nSPS) is 15.4. The Morgan fingerprint density at radius 2 is 2.46 bits per heavy atom. The van der Waals surface area contributed by atoms with E-state index in [1.807, 2.05) is 18.7 Å². The number of aromatic nitrogens is 2. The number of nitrogens with zero attached hydrogens (tertiary/aromatic N) is 2. The van der Waals surface area contributed by atoms with E-state index in [4.69, 9.17) is 0 Å². The van der Waals surface area contributed by atoms with E-state index in [1.54, 1.807) is 11.8 Å². The molecule has 70 valence electrons. The average Bonchev–Trinajstić information content (AvgIpc) is 2.42. The van der Waals surface area contributed by atoms with Crippen LogP contribution in [-0.4, -0.2) is 21.4 Å². The molecule has 1 aliphatic heterocycles. The average molecular weight is 197 g/mol. The van der Waals surface area contributed by atoms with E-state index < -0.39 is 0 Å². The van der Waals surface area contributed by atoms with Crippen molar-refractivity contribution in [2.75, 3.05) is 11.1 Å². The van der Waals surface area contributed by atoms with E-state index >= 15 is 0 Å². The third-order valence-corrected chi connectivity index (χ3v) is 3.15. The number of hydrogen-bond donors (Lipinski definition) is 1. The van der Waals surface area contributed by atoms with Crippen molar-refractivity contribution < 1.29 is 4.79 Å². The maximum atomic E-state index is 11.1. The fourth-order valence-electron chi connectivity index (χ4n) is 1.41. The number of amides is 1. The first-order chi connectivity index (χ1) is 6.22. The van der Waals surface area contributed by atoms with Crippen LogP contribution in [-0.2, 0) is 18.3 Å². The third kappa shape index (κ3) is 1.33. The second kappa shape index (κ2) is 3.06. The lowest BCUT2D eigenvalue weighted by Gasteiger charge is -2.12. The molecule has 1 aromatic rings. The van der Waals surface area contributed by atoms with Gasteiger partial charge in [0.25, 0.3) is 0 Å². The van der Waals surface area contributed by atoms with Gasteiger partial charge in [-0.25, -0.2) is 0 Å². The van der Waals surface area contributed by atoms with Crippen molar-refractivity contribution in [3.05, 3.63) is 5.69 Å². The minimum Gasteiger partial charge on any atom is -0.322 e. The standard InChI is InChI=1S/C8H11N3OS/c1-3-5-7-8(11(2)10-5)13-4-6(12)9-7/h3-4H2,1-2H3,(H,9,12). The lowest BCUT2D eigenvalue weighted by atomic mass is 10.3. The van der Waals surface area contributed by atoms with Crippen molar-refractivity contribution in [3.63, 3.8) is 0 Å². The zero-order chi connectivity index (χ0) is 9.42. The summed E-state index contributed by atoms with van der Waals surface area (Å²) in [6, 6.07) is 0. The molecule has 13 heavy (non-hydrogen) atoms.